The van der Waals surface area contributed by atoms with Crippen molar-refractivity contribution in [3.05, 3.63) is 24.3 Å². The minimum Gasteiger partial charge on any atom is -0.478 e. The number of aliphatic carboxylic acids is 1. The van der Waals surface area contributed by atoms with Gasteiger partial charge in [0.25, 0.3) is 0 Å². The molecule has 0 aromatic rings. The smallest absolute Gasteiger partial charge is 0.331 e. The van der Waals surface area contributed by atoms with Crippen molar-refractivity contribution in [2.24, 2.45) is 5.92 Å². The molecule has 0 aliphatic carbocycles. The highest BCUT2D eigenvalue weighted by atomic mass is 16.5. The van der Waals surface area contributed by atoms with Crippen LogP contribution in [0.15, 0.2) is 24.3 Å². The average Bonchev–Trinajstić information content (AvgIpc) is 2.21. The molecule has 0 heterocycles. The lowest BCUT2D eigenvalue weighted by Crippen LogP contribution is -2.19. The van der Waals surface area contributed by atoms with E-state index in [0.717, 1.165) is 6.08 Å². The van der Waals surface area contributed by atoms with E-state index in [1.54, 1.807) is 13.8 Å². The summed E-state index contributed by atoms with van der Waals surface area (Å²) in [6.45, 7) is 6.57. The molecule has 16 heavy (non-hydrogen) atoms. The number of carbonyl (C=O) groups excluding carboxylic acids is 2. The molecule has 0 spiro atoms. The van der Waals surface area contributed by atoms with Crippen LogP contribution in [0.2, 0.25) is 0 Å². The van der Waals surface area contributed by atoms with Crippen LogP contribution in [-0.2, 0) is 19.1 Å². The van der Waals surface area contributed by atoms with Crippen molar-refractivity contribution in [3.8, 4) is 0 Å². The van der Waals surface area contributed by atoms with Crippen LogP contribution < -0.4 is 0 Å². The number of ketones is 1. The van der Waals surface area contributed by atoms with Crippen molar-refractivity contribution in [1.82, 2.24) is 0 Å². The van der Waals surface area contributed by atoms with Gasteiger partial charge in [0.05, 0.1) is 5.92 Å². The van der Waals surface area contributed by atoms with Gasteiger partial charge in [-0.1, -0.05) is 13.5 Å². The van der Waals surface area contributed by atoms with Gasteiger partial charge in [0.15, 0.2) is 5.78 Å². The lowest BCUT2D eigenvalue weighted by atomic mass is 10.0. The molecule has 1 N–H and O–H groups in total. The molecule has 1 atom stereocenters. The molecule has 0 bridgehead atoms. The first-order valence-electron chi connectivity index (χ1n) is 4.62. The quantitative estimate of drug-likeness (QED) is 0.538. The summed E-state index contributed by atoms with van der Waals surface area (Å²) in [5.74, 6) is -2.68. The zero-order chi connectivity index (χ0) is 12.7. The predicted octanol–water partition coefficient (Wildman–Crippen LogP) is 0.952. The lowest BCUT2D eigenvalue weighted by Gasteiger charge is -2.09. The molecule has 0 amide bonds. The first-order valence-corrected chi connectivity index (χ1v) is 4.62. The lowest BCUT2D eigenvalue weighted by molar-refractivity contribution is -0.140. The zero-order valence-corrected chi connectivity index (χ0v) is 9.23. The van der Waals surface area contributed by atoms with Crippen molar-refractivity contribution in [2.45, 2.75) is 13.8 Å². The molecular formula is C11H14O5. The second kappa shape index (κ2) is 6.55. The van der Waals surface area contributed by atoms with Gasteiger partial charge in [-0.2, -0.15) is 0 Å². The standard InChI is InChI=1S/C11H14O5/c1-7(2)11(15)8(3)6-16-10(14)5-4-9(12)13/h4-5,8H,1,6H2,2-3H3,(H,12,13)/b5-4-. The number of Topliss-reactive ketones (excluding diaryl/α,β-unsaturated/α-hetero) is 1. The maximum absolute atomic E-state index is 11.3. The second-order valence-corrected chi connectivity index (χ2v) is 3.35. The molecular weight excluding hydrogens is 212 g/mol. The summed E-state index contributed by atoms with van der Waals surface area (Å²) in [5.41, 5.74) is 0.393. The summed E-state index contributed by atoms with van der Waals surface area (Å²) in [5, 5.41) is 8.24. The van der Waals surface area contributed by atoms with E-state index in [-0.39, 0.29) is 12.4 Å². The molecule has 0 fully saturated rings. The first kappa shape index (κ1) is 14.1. The normalized spacial score (nSPS) is 12.1. The Morgan fingerprint density at radius 3 is 2.38 bits per heavy atom. The monoisotopic (exact) mass is 226 g/mol. The fourth-order valence-corrected chi connectivity index (χ4v) is 0.891. The van der Waals surface area contributed by atoms with Crippen LogP contribution in [0.5, 0.6) is 0 Å². The molecule has 5 nitrogen and oxygen atoms in total. The number of hydrogen-bond acceptors (Lipinski definition) is 4. The van der Waals surface area contributed by atoms with E-state index >= 15 is 0 Å². The van der Waals surface area contributed by atoms with E-state index in [1.165, 1.54) is 0 Å². The Balaban J connectivity index is 4.06. The summed E-state index contributed by atoms with van der Waals surface area (Å²) >= 11 is 0. The Kier molecular flexibility index (Phi) is 5.77. The molecule has 88 valence electrons. The number of hydrogen-bond donors (Lipinski definition) is 1. The predicted molar refractivity (Wildman–Crippen MR) is 56.7 cm³/mol. The summed E-state index contributed by atoms with van der Waals surface area (Å²) in [6, 6.07) is 0. The first-order chi connectivity index (χ1) is 7.34. The summed E-state index contributed by atoms with van der Waals surface area (Å²) in [4.78, 5) is 32.3. The van der Waals surface area contributed by atoms with Crippen molar-refractivity contribution in [3.63, 3.8) is 0 Å². The van der Waals surface area contributed by atoms with Crippen LogP contribution in [-0.4, -0.2) is 29.4 Å². The highest BCUT2D eigenvalue weighted by molar-refractivity contribution is 5.96. The van der Waals surface area contributed by atoms with Gasteiger partial charge in [-0.25, -0.2) is 9.59 Å². The fraction of sp³-hybridized carbons (Fsp3) is 0.364. The number of esters is 1. The van der Waals surface area contributed by atoms with Crippen LogP contribution in [0.1, 0.15) is 13.8 Å². The van der Waals surface area contributed by atoms with Gasteiger partial charge in [-0.05, 0) is 12.5 Å². The number of carboxylic acids is 1. The van der Waals surface area contributed by atoms with Crippen molar-refractivity contribution in [2.75, 3.05) is 6.61 Å². The average molecular weight is 226 g/mol. The van der Waals surface area contributed by atoms with E-state index in [0.29, 0.717) is 11.6 Å². The van der Waals surface area contributed by atoms with Gasteiger partial charge < -0.3 is 9.84 Å². The highest BCUT2D eigenvalue weighted by Crippen LogP contribution is 2.04. The number of allylic oxidation sites excluding steroid dienone is 1. The number of carboxylic acid groups (broad SMARTS) is 1. The fourth-order valence-electron chi connectivity index (χ4n) is 0.891. The Morgan fingerprint density at radius 1 is 1.38 bits per heavy atom. The topological polar surface area (TPSA) is 80.7 Å². The maximum Gasteiger partial charge on any atom is 0.331 e. The third-order valence-corrected chi connectivity index (χ3v) is 1.71. The van der Waals surface area contributed by atoms with E-state index < -0.39 is 17.9 Å². The molecule has 0 saturated carbocycles. The Bertz CT molecular complexity index is 340. The third-order valence-electron chi connectivity index (χ3n) is 1.71. The summed E-state index contributed by atoms with van der Waals surface area (Å²) in [7, 11) is 0. The van der Waals surface area contributed by atoms with E-state index in [1.807, 2.05) is 0 Å². The van der Waals surface area contributed by atoms with Crippen LogP contribution in [0.3, 0.4) is 0 Å². The molecule has 0 aromatic carbocycles. The number of ether oxygens (including phenoxy) is 1. The molecule has 0 radical (unpaired) electrons. The number of carbonyl (C=O) groups is 3. The molecule has 0 rings (SSSR count). The van der Waals surface area contributed by atoms with Gasteiger partial charge in [-0.15, -0.1) is 0 Å². The number of rotatable bonds is 6. The molecule has 0 aliphatic rings. The van der Waals surface area contributed by atoms with Crippen LogP contribution >= 0.6 is 0 Å². The van der Waals surface area contributed by atoms with Crippen LogP contribution in [0.25, 0.3) is 0 Å². The molecule has 5 heteroatoms. The second-order valence-electron chi connectivity index (χ2n) is 3.35. The van der Waals surface area contributed by atoms with Crippen molar-refractivity contribution >= 4 is 17.7 Å². The molecule has 0 aromatic heterocycles. The Morgan fingerprint density at radius 2 is 1.94 bits per heavy atom. The van der Waals surface area contributed by atoms with E-state index in [9.17, 15) is 14.4 Å². The largest absolute Gasteiger partial charge is 0.478 e. The Labute approximate surface area is 93.4 Å². The van der Waals surface area contributed by atoms with E-state index in [2.05, 4.69) is 11.3 Å². The van der Waals surface area contributed by atoms with Gasteiger partial charge >= 0.3 is 11.9 Å². The van der Waals surface area contributed by atoms with Gasteiger partial charge in [-0.3, -0.25) is 4.79 Å². The van der Waals surface area contributed by atoms with E-state index in [4.69, 9.17) is 5.11 Å². The molecule has 1 unspecified atom stereocenters. The van der Waals surface area contributed by atoms with Gasteiger partial charge in [0.1, 0.15) is 6.61 Å². The SMILES string of the molecule is C=C(C)C(=O)C(C)COC(=O)/C=C\C(=O)O. The Hall–Kier alpha value is -1.91. The maximum atomic E-state index is 11.3. The minimum absolute atomic E-state index is 0.0888. The zero-order valence-electron chi connectivity index (χ0n) is 9.23. The van der Waals surface area contributed by atoms with Crippen LogP contribution in [0.4, 0.5) is 0 Å². The summed E-state index contributed by atoms with van der Waals surface area (Å²) < 4.78 is 4.67. The van der Waals surface area contributed by atoms with Gasteiger partial charge in [0.2, 0.25) is 0 Å². The minimum atomic E-state index is -1.23. The van der Waals surface area contributed by atoms with Gasteiger partial charge in [0, 0.05) is 12.2 Å². The third kappa shape index (κ3) is 5.74. The summed E-state index contributed by atoms with van der Waals surface area (Å²) in [6.07, 6.45) is 1.47. The molecule has 0 saturated heterocycles. The highest BCUT2D eigenvalue weighted by Gasteiger charge is 2.14. The van der Waals surface area contributed by atoms with Crippen molar-refractivity contribution < 1.29 is 24.2 Å². The van der Waals surface area contributed by atoms with Crippen LogP contribution in [0, 0.1) is 5.92 Å². The van der Waals surface area contributed by atoms with Crippen molar-refractivity contribution in [1.29, 1.82) is 0 Å². The molecule has 0 aliphatic heterocycles.